The summed E-state index contributed by atoms with van der Waals surface area (Å²) in [5.41, 5.74) is -0.0421. The maximum atomic E-state index is 16.4. The van der Waals surface area contributed by atoms with E-state index in [-0.39, 0.29) is 41.9 Å². The van der Waals surface area contributed by atoms with Crippen molar-refractivity contribution in [2.75, 3.05) is 43.4 Å². The predicted molar refractivity (Wildman–Crippen MR) is 150 cm³/mol. The Hall–Kier alpha value is -3.79. The summed E-state index contributed by atoms with van der Waals surface area (Å²) in [6, 6.07) is -0.00854. The Morgan fingerprint density at radius 3 is 2.56 bits per heavy atom. The number of nitrogens with two attached hydrogens (primary N) is 1. The van der Waals surface area contributed by atoms with Gasteiger partial charge in [-0.05, 0) is 51.6 Å². The van der Waals surface area contributed by atoms with Crippen LogP contribution in [0.3, 0.4) is 0 Å². The maximum absolute atomic E-state index is 16.4. The first-order valence-electron chi connectivity index (χ1n) is 14.7. The molecule has 4 saturated heterocycles. The average molecular weight is 639 g/mol. The van der Waals surface area contributed by atoms with Gasteiger partial charge < -0.3 is 20.7 Å². The van der Waals surface area contributed by atoms with Crippen LogP contribution in [0.25, 0.3) is 22.3 Å². The topological polar surface area (TPSA) is 105 Å². The molecule has 4 aliphatic heterocycles. The lowest BCUT2D eigenvalue weighted by molar-refractivity contribution is -0.139. The van der Waals surface area contributed by atoms with Crippen molar-refractivity contribution in [1.29, 1.82) is 0 Å². The highest BCUT2D eigenvalue weighted by atomic mass is 19.4. The number of nitrogen functional groups attached to an aromatic ring is 1. The van der Waals surface area contributed by atoms with Crippen molar-refractivity contribution in [3.8, 4) is 17.4 Å². The Bertz CT molecular complexity index is 1690. The third-order valence-electron chi connectivity index (χ3n) is 9.45. The van der Waals surface area contributed by atoms with Gasteiger partial charge in [0.05, 0.1) is 16.5 Å². The van der Waals surface area contributed by atoms with E-state index in [1.54, 1.807) is 4.90 Å². The number of rotatable bonds is 6. The Balaban J connectivity index is 1.36. The number of halogens is 7. The molecule has 4 aliphatic rings. The number of fused-ring (bicyclic) bond motifs is 4. The number of hydrogen-bond acceptors (Lipinski definition) is 9. The minimum Gasteiger partial charge on any atom is -0.461 e. The largest absolute Gasteiger partial charge is 0.461 e. The summed E-state index contributed by atoms with van der Waals surface area (Å²) in [6.07, 6.45) is -0.341. The van der Waals surface area contributed by atoms with Gasteiger partial charge in [0, 0.05) is 37.5 Å². The summed E-state index contributed by atoms with van der Waals surface area (Å²) in [6.45, 7) is 2.43. The van der Waals surface area contributed by atoms with Gasteiger partial charge in [0.1, 0.15) is 46.5 Å². The number of nitrogens with one attached hydrogen (secondary N) is 1. The molecule has 0 saturated carbocycles. The quantitative estimate of drug-likeness (QED) is 0.359. The Morgan fingerprint density at radius 2 is 1.84 bits per heavy atom. The number of hydrogen-bond donors (Lipinski definition) is 2. The van der Waals surface area contributed by atoms with Crippen LogP contribution in [0.1, 0.15) is 44.1 Å². The zero-order valence-electron chi connectivity index (χ0n) is 23.9. The first kappa shape index (κ1) is 29.9. The second-order valence-electron chi connectivity index (χ2n) is 12.3. The lowest BCUT2D eigenvalue weighted by Crippen LogP contribution is -2.59. The number of piperazine rings is 1. The van der Waals surface area contributed by atoms with Crippen molar-refractivity contribution in [3.05, 3.63) is 41.6 Å². The fourth-order valence-corrected chi connectivity index (χ4v) is 7.57. The number of anilines is 2. The van der Waals surface area contributed by atoms with Crippen LogP contribution in [-0.4, -0.2) is 74.7 Å². The molecule has 0 aliphatic carbocycles. The van der Waals surface area contributed by atoms with Crippen LogP contribution >= 0.6 is 0 Å². The molecule has 3 N–H and O–H groups in total. The Kier molecular flexibility index (Phi) is 7.07. The molecule has 0 amide bonds. The van der Waals surface area contributed by atoms with Crippen LogP contribution in [0.5, 0.6) is 6.01 Å². The minimum atomic E-state index is -5.24. The van der Waals surface area contributed by atoms with Crippen LogP contribution in [-0.2, 0) is 6.18 Å². The molecule has 4 fully saturated rings. The van der Waals surface area contributed by atoms with E-state index in [0.29, 0.717) is 25.5 Å². The van der Waals surface area contributed by atoms with Crippen molar-refractivity contribution in [2.24, 2.45) is 0 Å². The van der Waals surface area contributed by atoms with E-state index in [0.717, 1.165) is 51.0 Å². The molecule has 7 rings (SSSR count). The van der Waals surface area contributed by atoms with E-state index in [2.05, 4.69) is 30.2 Å². The highest BCUT2D eigenvalue weighted by molar-refractivity contribution is 5.92. The lowest BCUT2D eigenvalue weighted by Gasteiger charge is -2.40. The van der Waals surface area contributed by atoms with E-state index in [4.69, 9.17) is 10.5 Å². The van der Waals surface area contributed by atoms with Gasteiger partial charge in [-0.3, -0.25) is 9.88 Å². The van der Waals surface area contributed by atoms with Gasteiger partial charge in [0.25, 0.3) is 6.08 Å². The molecule has 16 heteroatoms. The van der Waals surface area contributed by atoms with Gasteiger partial charge in [0.15, 0.2) is 5.82 Å². The molecule has 2 bridgehead atoms. The molecular formula is C29H29F7N8O. The zero-order valence-corrected chi connectivity index (χ0v) is 23.9. The summed E-state index contributed by atoms with van der Waals surface area (Å²) in [4.78, 5) is 20.4. The first-order chi connectivity index (χ1) is 21.4. The number of pyridine rings is 2. The summed E-state index contributed by atoms with van der Waals surface area (Å²) >= 11 is 0. The van der Waals surface area contributed by atoms with Gasteiger partial charge >= 0.3 is 12.2 Å². The molecule has 9 nitrogen and oxygen atoms in total. The summed E-state index contributed by atoms with van der Waals surface area (Å²) in [7, 11) is 0. The van der Waals surface area contributed by atoms with Gasteiger partial charge in [0.2, 0.25) is 0 Å². The standard InChI is InChI=1S/C29H29F7N8O/c30-17-9-19(37)39-23(20(17)29(34,35)36)24-21(33)22-16(11-38-24)25(43-12-15-3-6-27(13-43,42-15)10-18(31)32)41-26(40-22)45-14-28-4-1-7-44(28)8-2-5-28/h9-11,15,42H,1-8,12-14H2,(H2,37,39)/t15-,27-/m1/s1. The Morgan fingerprint density at radius 1 is 1.09 bits per heavy atom. The first-order valence-corrected chi connectivity index (χ1v) is 14.7. The fourth-order valence-electron chi connectivity index (χ4n) is 7.57. The van der Waals surface area contributed by atoms with Crippen molar-refractivity contribution in [1.82, 2.24) is 30.2 Å². The molecular weight excluding hydrogens is 609 g/mol. The van der Waals surface area contributed by atoms with Crippen molar-refractivity contribution in [3.63, 3.8) is 0 Å². The molecule has 240 valence electrons. The van der Waals surface area contributed by atoms with E-state index in [9.17, 15) is 26.3 Å². The van der Waals surface area contributed by atoms with Crippen LogP contribution in [0.4, 0.5) is 42.4 Å². The molecule has 2 atom stereocenters. The minimum absolute atomic E-state index is 0.0178. The SMILES string of the molecule is Nc1cc(F)c(C(F)(F)F)c(-c2ncc3c(N4C[C@H]5CC[C@@](C=C(F)F)(C4)N5)nc(OCC45CCCN4CCC5)nc3c2F)n1. The molecule has 0 aromatic carbocycles. The highest BCUT2D eigenvalue weighted by Crippen LogP contribution is 2.43. The van der Waals surface area contributed by atoms with Gasteiger partial charge in [-0.15, -0.1) is 0 Å². The normalized spacial score (nSPS) is 24.3. The fraction of sp³-hybridized carbons (Fsp3) is 0.517. The summed E-state index contributed by atoms with van der Waals surface area (Å²) in [5.74, 6) is -3.51. The van der Waals surface area contributed by atoms with E-state index in [1.165, 1.54) is 0 Å². The molecule has 3 aromatic heterocycles. The summed E-state index contributed by atoms with van der Waals surface area (Å²) in [5, 5.41) is 3.24. The monoisotopic (exact) mass is 638 g/mol. The third-order valence-corrected chi connectivity index (χ3v) is 9.45. The van der Waals surface area contributed by atoms with Crippen LogP contribution < -0.4 is 20.7 Å². The molecule has 0 spiro atoms. The second kappa shape index (κ2) is 10.6. The van der Waals surface area contributed by atoms with Crippen molar-refractivity contribution in [2.45, 2.75) is 61.8 Å². The Labute approximate surface area is 252 Å². The van der Waals surface area contributed by atoms with Crippen LogP contribution in [0.15, 0.2) is 24.4 Å². The molecule has 0 unspecified atom stereocenters. The summed E-state index contributed by atoms with van der Waals surface area (Å²) < 4.78 is 106. The average Bonchev–Trinajstić information content (AvgIpc) is 3.62. The van der Waals surface area contributed by atoms with Crippen LogP contribution in [0.2, 0.25) is 0 Å². The van der Waals surface area contributed by atoms with Crippen molar-refractivity contribution >= 4 is 22.5 Å². The smallest absolute Gasteiger partial charge is 0.421 e. The lowest BCUT2D eigenvalue weighted by atomic mass is 9.95. The molecule has 3 aromatic rings. The molecule has 45 heavy (non-hydrogen) atoms. The number of alkyl halides is 3. The maximum Gasteiger partial charge on any atom is 0.421 e. The van der Waals surface area contributed by atoms with Gasteiger partial charge in [-0.25, -0.2) is 13.8 Å². The number of nitrogens with zero attached hydrogens (tertiary/aromatic N) is 6. The van der Waals surface area contributed by atoms with Crippen LogP contribution in [0, 0.1) is 11.6 Å². The molecule has 0 radical (unpaired) electrons. The third kappa shape index (κ3) is 5.20. The predicted octanol–water partition coefficient (Wildman–Crippen LogP) is 5.06. The van der Waals surface area contributed by atoms with Crippen molar-refractivity contribution < 1.29 is 35.5 Å². The highest BCUT2D eigenvalue weighted by Gasteiger charge is 2.47. The van der Waals surface area contributed by atoms with Gasteiger partial charge in [-0.1, -0.05) is 0 Å². The second-order valence-corrected chi connectivity index (χ2v) is 12.3. The van der Waals surface area contributed by atoms with Gasteiger partial charge in [-0.2, -0.15) is 31.9 Å². The molecule has 7 heterocycles. The van der Waals surface area contributed by atoms with E-state index >= 15 is 4.39 Å². The van der Waals surface area contributed by atoms with E-state index in [1.807, 2.05) is 0 Å². The number of aromatic nitrogens is 4. The number of ether oxygens (including phenoxy) is 1. The van der Waals surface area contributed by atoms with E-state index < -0.39 is 57.7 Å². The zero-order chi connectivity index (χ0) is 31.7.